The van der Waals surface area contributed by atoms with Crippen LogP contribution in [0.25, 0.3) is 0 Å². The van der Waals surface area contributed by atoms with Crippen molar-refractivity contribution in [3.63, 3.8) is 0 Å². The van der Waals surface area contributed by atoms with Gasteiger partial charge in [-0.15, -0.1) is 0 Å². The zero-order valence-electron chi connectivity index (χ0n) is 9.30. The second-order valence-electron chi connectivity index (χ2n) is 3.06. The van der Waals surface area contributed by atoms with E-state index in [1.165, 1.54) is 0 Å². The Kier molecular flexibility index (Phi) is 5.32. The van der Waals surface area contributed by atoms with Gasteiger partial charge in [-0.3, -0.25) is 9.78 Å². The van der Waals surface area contributed by atoms with Gasteiger partial charge < -0.3 is 15.9 Å². The predicted molar refractivity (Wildman–Crippen MR) is 57.5 cm³/mol. The lowest BCUT2D eigenvalue weighted by molar-refractivity contribution is -0.159. The first-order valence-electron chi connectivity index (χ1n) is 4.45. The third kappa shape index (κ3) is 4.74. The fourth-order valence-corrected chi connectivity index (χ4v) is 1.07. The van der Waals surface area contributed by atoms with Gasteiger partial charge in [0, 0.05) is 6.20 Å². The van der Waals surface area contributed by atoms with E-state index >= 15 is 0 Å². The van der Waals surface area contributed by atoms with Crippen molar-refractivity contribution in [3.8, 4) is 0 Å². The van der Waals surface area contributed by atoms with Crippen LogP contribution < -0.4 is 5.73 Å². The summed E-state index contributed by atoms with van der Waals surface area (Å²) in [5.74, 6) is -4.06. The molecule has 0 radical (unpaired) electrons. The minimum absolute atomic E-state index is 0.409. The summed E-state index contributed by atoms with van der Waals surface area (Å²) in [7, 11) is 0. The summed E-state index contributed by atoms with van der Waals surface area (Å²) in [5.41, 5.74) is 7.24. The molecule has 1 rings (SSSR count). The number of carbonyl (C=O) groups excluding carboxylic acids is 1. The topological polar surface area (TPSA) is 131 Å². The summed E-state index contributed by atoms with van der Waals surface area (Å²) in [6.07, 6.45) is 1.66. The van der Waals surface area contributed by atoms with Crippen LogP contribution in [-0.2, 0) is 9.59 Å². The Morgan fingerprint density at radius 1 is 1.18 bits per heavy atom. The summed E-state index contributed by atoms with van der Waals surface area (Å²) < 4.78 is 0. The Hall–Kier alpha value is -2.44. The number of carbonyl (C=O) groups is 3. The number of aryl methyl sites for hydroxylation is 2. The van der Waals surface area contributed by atoms with Gasteiger partial charge in [-0.25, -0.2) is 9.59 Å². The first-order valence-corrected chi connectivity index (χ1v) is 4.45. The molecule has 0 aliphatic rings. The molecule has 0 saturated heterocycles. The maximum Gasteiger partial charge on any atom is 0.414 e. The van der Waals surface area contributed by atoms with Gasteiger partial charge in [0.1, 0.15) is 0 Å². The van der Waals surface area contributed by atoms with Crippen LogP contribution in [0.5, 0.6) is 0 Å². The third-order valence-corrected chi connectivity index (χ3v) is 1.78. The molecule has 92 valence electrons. The Balaban J connectivity index is 0.000000366. The Labute approximate surface area is 96.9 Å². The van der Waals surface area contributed by atoms with Crippen molar-refractivity contribution in [2.45, 2.75) is 13.8 Å². The van der Waals surface area contributed by atoms with Crippen LogP contribution in [0.1, 0.15) is 21.6 Å². The van der Waals surface area contributed by atoms with Crippen molar-refractivity contribution in [3.05, 3.63) is 29.1 Å². The zero-order chi connectivity index (χ0) is 13.6. The van der Waals surface area contributed by atoms with E-state index < -0.39 is 17.8 Å². The maximum atomic E-state index is 10.8. The molecule has 0 bridgehead atoms. The molecule has 0 aliphatic heterocycles. The van der Waals surface area contributed by atoms with E-state index in [4.69, 9.17) is 25.5 Å². The molecule has 4 N–H and O–H groups in total. The quantitative estimate of drug-likeness (QED) is 0.590. The molecule has 1 aromatic rings. The number of hydrogen-bond donors (Lipinski definition) is 3. The number of carboxylic acids is 2. The number of pyridine rings is 1. The second-order valence-corrected chi connectivity index (χ2v) is 3.06. The predicted octanol–water partition coefficient (Wildman–Crippen LogP) is -0.0471. The molecule has 0 aliphatic carbocycles. The smallest absolute Gasteiger partial charge is 0.414 e. The number of rotatable bonds is 1. The van der Waals surface area contributed by atoms with Gasteiger partial charge in [0.25, 0.3) is 5.91 Å². The van der Waals surface area contributed by atoms with Gasteiger partial charge in [-0.1, -0.05) is 0 Å². The van der Waals surface area contributed by atoms with Crippen molar-refractivity contribution >= 4 is 17.8 Å². The molecular weight excluding hydrogens is 228 g/mol. The van der Waals surface area contributed by atoms with E-state index in [9.17, 15) is 4.79 Å². The lowest BCUT2D eigenvalue weighted by Gasteiger charge is -2.02. The van der Waals surface area contributed by atoms with Crippen LogP contribution in [0.3, 0.4) is 0 Å². The van der Waals surface area contributed by atoms with Gasteiger partial charge in [0.05, 0.1) is 11.3 Å². The second kappa shape index (κ2) is 6.21. The first-order chi connectivity index (χ1) is 7.77. The lowest BCUT2D eigenvalue weighted by Crippen LogP contribution is -2.15. The van der Waals surface area contributed by atoms with Crippen LogP contribution in [0.2, 0.25) is 0 Å². The SMILES string of the molecule is Cc1ccnc(C)c1C(N)=O.O=C(O)C(=O)O. The molecule has 0 spiro atoms. The van der Waals surface area contributed by atoms with E-state index in [-0.39, 0.29) is 0 Å². The lowest BCUT2D eigenvalue weighted by atomic mass is 10.1. The van der Waals surface area contributed by atoms with E-state index in [1.54, 1.807) is 19.2 Å². The number of aliphatic carboxylic acids is 2. The average Bonchev–Trinajstić information content (AvgIpc) is 2.17. The summed E-state index contributed by atoms with van der Waals surface area (Å²) in [4.78, 5) is 33.0. The van der Waals surface area contributed by atoms with E-state index in [1.807, 2.05) is 6.92 Å². The molecule has 1 amide bonds. The highest BCUT2D eigenvalue weighted by Gasteiger charge is 2.07. The molecule has 0 atom stereocenters. The van der Waals surface area contributed by atoms with Crippen molar-refractivity contribution in [1.82, 2.24) is 4.98 Å². The highest BCUT2D eigenvalue weighted by Crippen LogP contribution is 2.08. The number of aromatic nitrogens is 1. The molecule has 1 heterocycles. The molecule has 1 aromatic heterocycles. The highest BCUT2D eigenvalue weighted by atomic mass is 16.4. The Morgan fingerprint density at radius 2 is 1.65 bits per heavy atom. The Morgan fingerprint density at radius 3 is 1.88 bits per heavy atom. The summed E-state index contributed by atoms with van der Waals surface area (Å²) in [5, 5.41) is 14.8. The zero-order valence-corrected chi connectivity index (χ0v) is 9.30. The van der Waals surface area contributed by atoms with Crippen LogP contribution in [-0.4, -0.2) is 33.0 Å². The normalized spacial score (nSPS) is 8.82. The van der Waals surface area contributed by atoms with Crippen LogP contribution in [0.15, 0.2) is 12.3 Å². The average molecular weight is 240 g/mol. The van der Waals surface area contributed by atoms with Gasteiger partial charge >= 0.3 is 11.9 Å². The summed E-state index contributed by atoms with van der Waals surface area (Å²) in [6, 6.07) is 1.77. The Bertz CT molecular complexity index is 424. The fraction of sp³-hybridized carbons (Fsp3) is 0.200. The molecule has 0 unspecified atom stereocenters. The number of primary amides is 1. The largest absolute Gasteiger partial charge is 0.473 e. The van der Waals surface area contributed by atoms with E-state index in [0.717, 1.165) is 5.56 Å². The fourth-order valence-electron chi connectivity index (χ4n) is 1.07. The molecule has 0 aromatic carbocycles. The number of amides is 1. The maximum absolute atomic E-state index is 10.8. The van der Waals surface area contributed by atoms with E-state index in [2.05, 4.69) is 4.98 Å². The first kappa shape index (κ1) is 14.6. The van der Waals surface area contributed by atoms with Crippen molar-refractivity contribution < 1.29 is 24.6 Å². The highest BCUT2D eigenvalue weighted by molar-refractivity contribution is 6.27. The summed E-state index contributed by atoms with van der Waals surface area (Å²) >= 11 is 0. The number of nitrogens with zero attached hydrogens (tertiary/aromatic N) is 1. The van der Waals surface area contributed by atoms with Crippen LogP contribution >= 0.6 is 0 Å². The van der Waals surface area contributed by atoms with Gasteiger partial charge in [-0.05, 0) is 25.5 Å². The number of hydrogen-bond acceptors (Lipinski definition) is 4. The molecule has 0 saturated carbocycles. The van der Waals surface area contributed by atoms with Crippen LogP contribution in [0.4, 0.5) is 0 Å². The number of nitrogens with two attached hydrogens (primary N) is 1. The number of carboxylic acid groups (broad SMARTS) is 2. The van der Waals surface area contributed by atoms with Crippen molar-refractivity contribution in [1.29, 1.82) is 0 Å². The van der Waals surface area contributed by atoms with Gasteiger partial charge in [0.15, 0.2) is 0 Å². The van der Waals surface area contributed by atoms with Gasteiger partial charge in [0.2, 0.25) is 0 Å². The third-order valence-electron chi connectivity index (χ3n) is 1.78. The molecular formula is C10H12N2O5. The van der Waals surface area contributed by atoms with E-state index in [0.29, 0.717) is 11.3 Å². The standard InChI is InChI=1S/C8H10N2O.C2H2O4/c1-5-3-4-10-6(2)7(5)8(9)11;3-1(4)2(5)6/h3-4H,1-2H3,(H2,9,11);(H,3,4)(H,5,6). The minimum atomic E-state index is -1.82. The van der Waals surface area contributed by atoms with Crippen molar-refractivity contribution in [2.24, 2.45) is 5.73 Å². The molecule has 0 fully saturated rings. The molecule has 7 nitrogen and oxygen atoms in total. The molecule has 7 heteroatoms. The van der Waals surface area contributed by atoms with Gasteiger partial charge in [-0.2, -0.15) is 0 Å². The summed E-state index contributed by atoms with van der Waals surface area (Å²) in [6.45, 7) is 3.61. The monoisotopic (exact) mass is 240 g/mol. The van der Waals surface area contributed by atoms with Crippen LogP contribution in [0, 0.1) is 13.8 Å². The molecule has 17 heavy (non-hydrogen) atoms. The minimum Gasteiger partial charge on any atom is -0.473 e. The van der Waals surface area contributed by atoms with Crippen molar-refractivity contribution in [2.75, 3.05) is 0 Å².